The Morgan fingerprint density at radius 1 is 0.362 bits per heavy atom. The molecule has 0 aliphatic carbocycles. The third kappa shape index (κ3) is 54.0. The van der Waals surface area contributed by atoms with Gasteiger partial charge in [-0.1, -0.05) is 247 Å². The normalized spacial score (nSPS) is 14.7. The Bertz CT molecular complexity index is 1580. The molecule has 3 N–H and O–H groups in total. The molecule has 0 rings (SSSR count). The largest absolute Gasteiger partial charge is 0.472 e. The highest BCUT2D eigenvalue weighted by molar-refractivity contribution is 7.47. The van der Waals surface area contributed by atoms with E-state index in [2.05, 4.69) is 41.5 Å². The molecule has 80 heavy (non-hydrogen) atoms. The van der Waals surface area contributed by atoms with E-state index in [9.17, 15) is 43.2 Å². The zero-order valence-electron chi connectivity index (χ0n) is 51.4. The Morgan fingerprint density at radius 3 is 0.950 bits per heavy atom. The lowest BCUT2D eigenvalue weighted by Gasteiger charge is -2.21. The van der Waals surface area contributed by atoms with Crippen LogP contribution in [0.25, 0.3) is 0 Å². The summed E-state index contributed by atoms with van der Waals surface area (Å²) in [5.41, 5.74) is 0. The first-order chi connectivity index (χ1) is 38.4. The maximum Gasteiger partial charge on any atom is 0.472 e. The van der Waals surface area contributed by atoms with Gasteiger partial charge in [-0.15, -0.1) is 0 Å². The van der Waals surface area contributed by atoms with Gasteiger partial charge in [0.2, 0.25) is 0 Å². The van der Waals surface area contributed by atoms with Crippen molar-refractivity contribution in [3.8, 4) is 0 Å². The number of aliphatic hydroxyl groups is 1. The minimum absolute atomic E-state index is 0.103. The van der Waals surface area contributed by atoms with E-state index in [-0.39, 0.29) is 25.7 Å². The van der Waals surface area contributed by atoms with Crippen molar-refractivity contribution in [3.05, 3.63) is 0 Å². The number of ether oxygens (including phenoxy) is 4. The monoisotopic (exact) mass is 1180 g/mol. The lowest BCUT2D eigenvalue weighted by Crippen LogP contribution is -2.30. The van der Waals surface area contributed by atoms with E-state index in [4.69, 9.17) is 37.0 Å². The van der Waals surface area contributed by atoms with Crippen molar-refractivity contribution in [1.29, 1.82) is 0 Å². The molecule has 0 fully saturated rings. The first kappa shape index (κ1) is 78.1. The molecule has 474 valence electrons. The van der Waals surface area contributed by atoms with E-state index in [0.717, 1.165) is 108 Å². The third-order valence-corrected chi connectivity index (χ3v) is 16.2. The first-order valence-electron chi connectivity index (χ1n) is 32.0. The van der Waals surface area contributed by atoms with Crippen LogP contribution in [0.15, 0.2) is 0 Å². The van der Waals surface area contributed by atoms with Gasteiger partial charge < -0.3 is 33.8 Å². The fourth-order valence-corrected chi connectivity index (χ4v) is 10.5. The Hall–Kier alpha value is -1.94. The van der Waals surface area contributed by atoms with Crippen LogP contribution < -0.4 is 0 Å². The zero-order valence-corrected chi connectivity index (χ0v) is 53.2. The Kier molecular flexibility index (Phi) is 52.5. The quantitative estimate of drug-likeness (QED) is 0.0222. The molecule has 0 aromatic heterocycles. The number of rotatable bonds is 60. The second-order valence-corrected chi connectivity index (χ2v) is 25.7. The lowest BCUT2D eigenvalue weighted by molar-refractivity contribution is -0.161. The number of phosphoric ester groups is 2. The van der Waals surface area contributed by atoms with Gasteiger partial charge in [0.25, 0.3) is 0 Å². The molecule has 0 spiro atoms. The van der Waals surface area contributed by atoms with Crippen LogP contribution in [0.1, 0.15) is 298 Å². The van der Waals surface area contributed by atoms with E-state index in [1.54, 1.807) is 0 Å². The predicted molar refractivity (Wildman–Crippen MR) is 317 cm³/mol. The zero-order chi connectivity index (χ0) is 59.4. The topological polar surface area (TPSA) is 237 Å². The Morgan fingerprint density at radius 2 is 0.637 bits per heavy atom. The molecule has 0 aliphatic heterocycles. The molecule has 0 radical (unpaired) electrons. The van der Waals surface area contributed by atoms with Gasteiger partial charge in [0.15, 0.2) is 12.2 Å². The minimum Gasteiger partial charge on any atom is -0.462 e. The molecule has 0 aromatic carbocycles. The first-order valence-corrected chi connectivity index (χ1v) is 35.0. The van der Waals surface area contributed by atoms with Crippen LogP contribution in [-0.4, -0.2) is 96.7 Å². The SMILES string of the molecule is CCCCCCCCCCCCC(=O)O[C@H](COC(=O)CCCCCCCCCCC)COP(=O)(O)OC[C@H](O)COP(=O)(O)OC[C@@H](COC(=O)CCCCCCCCC(C)CC)OC(=O)CCCCCCCCCCC(C)C. The summed E-state index contributed by atoms with van der Waals surface area (Å²) in [7, 11) is -9.88. The van der Waals surface area contributed by atoms with Gasteiger partial charge in [0.05, 0.1) is 26.4 Å². The van der Waals surface area contributed by atoms with Crippen LogP contribution in [0.2, 0.25) is 0 Å². The summed E-state index contributed by atoms with van der Waals surface area (Å²) in [4.78, 5) is 72.0. The average molecular weight is 1190 g/mol. The number of carbonyl (C=O) groups is 4. The fourth-order valence-electron chi connectivity index (χ4n) is 8.97. The lowest BCUT2D eigenvalue weighted by atomic mass is 10.00. The Balaban J connectivity index is 5.24. The molecule has 3 unspecified atom stereocenters. The van der Waals surface area contributed by atoms with E-state index in [0.29, 0.717) is 25.7 Å². The Labute approximate surface area is 486 Å². The second kappa shape index (κ2) is 53.8. The van der Waals surface area contributed by atoms with Crippen LogP contribution >= 0.6 is 15.6 Å². The molecule has 0 amide bonds. The summed E-state index contributed by atoms with van der Waals surface area (Å²) in [5.74, 6) is -0.692. The van der Waals surface area contributed by atoms with Gasteiger partial charge in [-0.3, -0.25) is 37.3 Å². The van der Waals surface area contributed by atoms with Crippen LogP contribution in [0.3, 0.4) is 0 Å². The second-order valence-electron chi connectivity index (χ2n) is 22.8. The van der Waals surface area contributed by atoms with Crippen molar-refractivity contribution in [3.63, 3.8) is 0 Å². The highest BCUT2D eigenvalue weighted by atomic mass is 31.2. The number of unbranched alkanes of at least 4 members (excludes halogenated alkanes) is 29. The highest BCUT2D eigenvalue weighted by Gasteiger charge is 2.30. The highest BCUT2D eigenvalue weighted by Crippen LogP contribution is 2.45. The van der Waals surface area contributed by atoms with Gasteiger partial charge in [-0.05, 0) is 37.5 Å². The number of esters is 4. The molecule has 0 bridgehead atoms. The molecule has 17 nitrogen and oxygen atoms in total. The van der Waals surface area contributed by atoms with Crippen molar-refractivity contribution in [2.24, 2.45) is 11.8 Å². The molecule has 6 atom stereocenters. The van der Waals surface area contributed by atoms with Crippen LogP contribution in [0.4, 0.5) is 0 Å². The molecule has 0 saturated carbocycles. The minimum atomic E-state index is -4.94. The predicted octanol–water partition coefficient (Wildman–Crippen LogP) is 16.5. The molecule has 19 heteroatoms. The molecule has 0 aromatic rings. The number of carbonyl (C=O) groups excluding carboxylic acids is 4. The number of aliphatic hydroxyl groups excluding tert-OH is 1. The summed E-state index contributed by atoms with van der Waals surface area (Å²) in [6.07, 6.45) is 34.8. The van der Waals surface area contributed by atoms with Gasteiger partial charge in [-0.25, -0.2) is 9.13 Å². The maximum atomic E-state index is 12.9. The van der Waals surface area contributed by atoms with Crippen LogP contribution in [-0.2, 0) is 65.4 Å². The van der Waals surface area contributed by atoms with Crippen LogP contribution in [0.5, 0.6) is 0 Å². The van der Waals surface area contributed by atoms with Crippen molar-refractivity contribution in [2.75, 3.05) is 39.6 Å². The smallest absolute Gasteiger partial charge is 0.462 e. The van der Waals surface area contributed by atoms with E-state index < -0.39 is 97.5 Å². The fraction of sp³-hybridized carbons (Fsp3) is 0.934. The molecule has 0 aliphatic rings. The van der Waals surface area contributed by atoms with E-state index in [1.165, 1.54) is 109 Å². The number of phosphoric acid groups is 2. The van der Waals surface area contributed by atoms with Gasteiger partial charge in [-0.2, -0.15) is 0 Å². The number of hydrogen-bond donors (Lipinski definition) is 3. The maximum absolute atomic E-state index is 12.9. The average Bonchev–Trinajstić information content (AvgIpc) is 3.42. The summed E-state index contributed by atoms with van der Waals surface area (Å²) < 4.78 is 67.8. The van der Waals surface area contributed by atoms with Crippen molar-refractivity contribution in [2.45, 2.75) is 317 Å². The molecule has 0 saturated heterocycles. The van der Waals surface area contributed by atoms with Gasteiger partial charge >= 0.3 is 39.5 Å². The van der Waals surface area contributed by atoms with Gasteiger partial charge in [0, 0.05) is 25.7 Å². The molecular weight excluding hydrogens is 1070 g/mol. The van der Waals surface area contributed by atoms with E-state index in [1.807, 2.05) is 0 Å². The summed E-state index contributed by atoms with van der Waals surface area (Å²) in [6, 6.07) is 0. The molecule has 0 heterocycles. The molecular formula is C61H118O17P2. The van der Waals surface area contributed by atoms with Gasteiger partial charge in [0.1, 0.15) is 19.3 Å². The van der Waals surface area contributed by atoms with Crippen molar-refractivity contribution < 1.29 is 80.2 Å². The number of hydrogen-bond acceptors (Lipinski definition) is 15. The van der Waals surface area contributed by atoms with E-state index >= 15 is 0 Å². The van der Waals surface area contributed by atoms with Crippen LogP contribution in [0, 0.1) is 11.8 Å². The summed E-state index contributed by atoms with van der Waals surface area (Å²) in [5, 5.41) is 10.5. The summed E-state index contributed by atoms with van der Waals surface area (Å²) >= 11 is 0. The van der Waals surface area contributed by atoms with Crippen molar-refractivity contribution >= 4 is 39.5 Å². The summed E-state index contributed by atoms with van der Waals surface area (Å²) in [6.45, 7) is 9.36. The standard InChI is InChI=1S/C61H118O17P2/c1-7-10-12-14-16-18-20-25-33-39-45-60(65)77-56(49-71-58(63)43-37-31-24-19-17-15-13-11-8-2)51-75-79(67,68)73-47-55(62)48-74-80(69,70)76-52-57(50-72-59(64)44-38-32-28-27-30-36-42-54(6)9-3)78-61(66)46-40-34-26-22-21-23-29-35-41-53(4)5/h53-57,62H,7-52H2,1-6H3,(H,67,68)(H,69,70)/t54?,55-,56+,57+/m0/s1. The third-order valence-electron chi connectivity index (χ3n) is 14.3. The van der Waals surface area contributed by atoms with Crippen molar-refractivity contribution in [1.82, 2.24) is 0 Å².